The van der Waals surface area contributed by atoms with E-state index in [1.165, 1.54) is 24.3 Å². The molecule has 0 bridgehead atoms. The second-order valence-corrected chi connectivity index (χ2v) is 11.7. The molecule has 1 aliphatic carbocycles. The molecule has 1 saturated carbocycles. The van der Waals surface area contributed by atoms with Crippen LogP contribution in [-0.2, 0) is 16.1 Å². The van der Waals surface area contributed by atoms with Gasteiger partial charge in [0.1, 0.15) is 5.82 Å². The lowest BCUT2D eigenvalue weighted by atomic mass is 9.85. The third kappa shape index (κ3) is 6.75. The zero-order valence-electron chi connectivity index (χ0n) is 23.7. The molecule has 0 unspecified atom stereocenters. The van der Waals surface area contributed by atoms with E-state index >= 15 is 0 Å². The van der Waals surface area contributed by atoms with Gasteiger partial charge in [-0.05, 0) is 107 Å². The van der Waals surface area contributed by atoms with Gasteiger partial charge < -0.3 is 20.6 Å². The summed E-state index contributed by atoms with van der Waals surface area (Å²) in [7, 11) is 0. The number of piperidine rings is 1. The first kappa shape index (κ1) is 28.7. The van der Waals surface area contributed by atoms with E-state index in [4.69, 9.17) is 5.73 Å². The van der Waals surface area contributed by atoms with Gasteiger partial charge in [0.2, 0.25) is 17.4 Å². The Kier molecular flexibility index (Phi) is 8.68. The van der Waals surface area contributed by atoms with Gasteiger partial charge in [0.05, 0.1) is 11.0 Å². The van der Waals surface area contributed by atoms with Crippen molar-refractivity contribution in [2.75, 3.05) is 13.1 Å². The molecule has 3 aromatic rings. The van der Waals surface area contributed by atoms with Crippen LogP contribution in [0.5, 0.6) is 0 Å². The van der Waals surface area contributed by atoms with Crippen molar-refractivity contribution in [2.45, 2.75) is 71.0 Å². The summed E-state index contributed by atoms with van der Waals surface area (Å²) in [5, 5.41) is 3.03. The van der Waals surface area contributed by atoms with Gasteiger partial charge in [-0.25, -0.2) is 4.39 Å². The number of aromatic amines is 1. The van der Waals surface area contributed by atoms with Crippen LogP contribution in [0.4, 0.5) is 4.39 Å². The Morgan fingerprint density at radius 3 is 2.32 bits per heavy atom. The van der Waals surface area contributed by atoms with Crippen molar-refractivity contribution >= 4 is 28.8 Å². The first-order chi connectivity index (χ1) is 19.7. The molecule has 41 heavy (non-hydrogen) atoms. The SMILES string of the molecule is CC(C)NC(=O)C1CCC(n2/c(=N/C(=O)c3ccc(F)cc3)[nH]c3ccc(CN4CCC(C(N)=O)CC4)cc32)CC1. The van der Waals surface area contributed by atoms with E-state index in [-0.39, 0.29) is 35.7 Å². The molecular formula is C31H39FN6O3. The van der Waals surface area contributed by atoms with E-state index in [2.05, 4.69) is 36.9 Å². The van der Waals surface area contributed by atoms with Gasteiger partial charge >= 0.3 is 0 Å². The number of carbonyl (C=O) groups is 3. The van der Waals surface area contributed by atoms with Crippen LogP contribution >= 0.6 is 0 Å². The van der Waals surface area contributed by atoms with Crippen LogP contribution in [0.2, 0.25) is 0 Å². The van der Waals surface area contributed by atoms with Gasteiger partial charge in [-0.1, -0.05) is 6.07 Å². The molecule has 2 aliphatic rings. The fourth-order valence-corrected chi connectivity index (χ4v) is 6.11. The van der Waals surface area contributed by atoms with Crippen molar-refractivity contribution in [1.82, 2.24) is 19.8 Å². The Balaban J connectivity index is 1.44. The normalized spacial score (nSPS) is 20.9. The number of carbonyl (C=O) groups excluding carboxylic acids is 3. The summed E-state index contributed by atoms with van der Waals surface area (Å²) in [6, 6.07) is 11.8. The van der Waals surface area contributed by atoms with Crippen molar-refractivity contribution in [3.8, 4) is 0 Å². The number of nitrogens with zero attached hydrogens (tertiary/aromatic N) is 3. The van der Waals surface area contributed by atoms with Crippen LogP contribution in [0.15, 0.2) is 47.5 Å². The van der Waals surface area contributed by atoms with E-state index in [1.54, 1.807) is 0 Å². The highest BCUT2D eigenvalue weighted by molar-refractivity contribution is 5.95. The van der Waals surface area contributed by atoms with E-state index < -0.39 is 11.7 Å². The zero-order chi connectivity index (χ0) is 29.1. The maximum Gasteiger partial charge on any atom is 0.280 e. The highest BCUT2D eigenvalue weighted by Gasteiger charge is 2.29. The second-order valence-electron chi connectivity index (χ2n) is 11.7. The highest BCUT2D eigenvalue weighted by Crippen LogP contribution is 2.34. The Labute approximate surface area is 239 Å². The molecule has 9 nitrogen and oxygen atoms in total. The lowest BCUT2D eigenvalue weighted by Gasteiger charge is -2.31. The van der Waals surface area contributed by atoms with Crippen LogP contribution in [0.1, 0.15) is 74.3 Å². The molecule has 1 aromatic heterocycles. The quantitative estimate of drug-likeness (QED) is 0.405. The standard InChI is InChI=1S/C31H39FN6O3/c1-19(2)34-29(40)23-6-10-25(11-7-23)38-27-17-20(18-37-15-13-21(14-16-37)28(33)39)3-12-26(27)35-31(38)36-30(41)22-4-8-24(32)9-5-22/h3-5,8-9,12,17,19,21,23,25H,6-7,10-11,13-16,18H2,1-2H3,(H2,33,39)(H,34,40)(H,35,36,41). The number of fused-ring (bicyclic) bond motifs is 1. The van der Waals surface area contributed by atoms with Gasteiger partial charge in [0.25, 0.3) is 5.91 Å². The summed E-state index contributed by atoms with van der Waals surface area (Å²) in [6.07, 6.45) is 4.61. The number of likely N-dealkylation sites (tertiary alicyclic amines) is 1. The fraction of sp³-hybridized carbons (Fsp3) is 0.484. The van der Waals surface area contributed by atoms with Crippen LogP contribution in [-0.4, -0.2) is 51.3 Å². The molecule has 4 N–H and O–H groups in total. The summed E-state index contributed by atoms with van der Waals surface area (Å²) in [5.41, 5.74) is 9.21. The van der Waals surface area contributed by atoms with Crippen molar-refractivity contribution in [1.29, 1.82) is 0 Å². The summed E-state index contributed by atoms with van der Waals surface area (Å²) < 4.78 is 15.5. The minimum atomic E-state index is -0.451. The smallest absolute Gasteiger partial charge is 0.280 e. The average molecular weight is 563 g/mol. The lowest BCUT2D eigenvalue weighted by Crippen LogP contribution is -2.38. The van der Waals surface area contributed by atoms with Gasteiger partial charge in [-0.15, -0.1) is 0 Å². The molecule has 10 heteroatoms. The Morgan fingerprint density at radius 1 is 1.00 bits per heavy atom. The molecule has 1 aliphatic heterocycles. The fourth-order valence-electron chi connectivity index (χ4n) is 6.11. The number of nitrogens with one attached hydrogen (secondary N) is 2. The predicted molar refractivity (Wildman–Crippen MR) is 154 cm³/mol. The molecule has 1 saturated heterocycles. The lowest BCUT2D eigenvalue weighted by molar-refractivity contribution is -0.126. The minimum Gasteiger partial charge on any atom is -0.369 e. The number of primary amides is 1. The number of hydrogen-bond donors (Lipinski definition) is 3. The maximum atomic E-state index is 13.4. The van der Waals surface area contributed by atoms with Crippen molar-refractivity contribution in [3.05, 3.63) is 65.0 Å². The van der Waals surface area contributed by atoms with Gasteiger partial charge in [0.15, 0.2) is 0 Å². The first-order valence-electron chi connectivity index (χ1n) is 14.6. The number of benzene rings is 2. The van der Waals surface area contributed by atoms with Gasteiger partial charge in [-0.3, -0.25) is 19.3 Å². The molecule has 2 heterocycles. The molecule has 0 radical (unpaired) electrons. The second kappa shape index (κ2) is 12.4. The molecule has 0 atom stereocenters. The van der Waals surface area contributed by atoms with Crippen molar-refractivity contribution in [3.63, 3.8) is 0 Å². The van der Waals surface area contributed by atoms with Crippen molar-refractivity contribution < 1.29 is 18.8 Å². The Morgan fingerprint density at radius 2 is 1.68 bits per heavy atom. The first-order valence-corrected chi connectivity index (χ1v) is 14.6. The average Bonchev–Trinajstić information content (AvgIpc) is 3.30. The van der Waals surface area contributed by atoms with Crippen molar-refractivity contribution in [2.24, 2.45) is 22.6 Å². The number of amides is 3. The predicted octanol–water partition coefficient (Wildman–Crippen LogP) is 3.80. The van der Waals surface area contributed by atoms with Crippen LogP contribution < -0.4 is 16.7 Å². The number of hydrogen-bond acceptors (Lipinski definition) is 4. The topological polar surface area (TPSA) is 126 Å². The zero-order valence-corrected chi connectivity index (χ0v) is 23.7. The summed E-state index contributed by atoms with van der Waals surface area (Å²) >= 11 is 0. The van der Waals surface area contributed by atoms with E-state index in [1.807, 2.05) is 19.9 Å². The number of nitrogens with two attached hydrogens (primary N) is 1. The molecule has 2 aromatic carbocycles. The van der Waals surface area contributed by atoms with Gasteiger partial charge in [0, 0.05) is 36.0 Å². The molecule has 5 rings (SSSR count). The highest BCUT2D eigenvalue weighted by atomic mass is 19.1. The van der Waals surface area contributed by atoms with Crippen LogP contribution in [0.3, 0.4) is 0 Å². The summed E-state index contributed by atoms with van der Waals surface area (Å²) in [6.45, 7) is 6.31. The Hall–Kier alpha value is -3.79. The van der Waals surface area contributed by atoms with E-state index in [9.17, 15) is 18.8 Å². The molecular weight excluding hydrogens is 523 g/mol. The number of H-pyrrole nitrogens is 1. The number of halogens is 1. The number of aromatic nitrogens is 2. The third-order valence-electron chi connectivity index (χ3n) is 8.35. The van der Waals surface area contributed by atoms with E-state index in [0.29, 0.717) is 11.2 Å². The summed E-state index contributed by atoms with van der Waals surface area (Å²) in [5.74, 6) is -1.07. The van der Waals surface area contributed by atoms with Gasteiger partial charge in [-0.2, -0.15) is 4.99 Å². The van der Waals surface area contributed by atoms with Crippen LogP contribution in [0.25, 0.3) is 11.0 Å². The molecule has 0 spiro atoms. The van der Waals surface area contributed by atoms with E-state index in [0.717, 1.165) is 74.8 Å². The Bertz CT molecular complexity index is 1480. The number of imidazole rings is 1. The molecule has 218 valence electrons. The number of rotatable bonds is 7. The molecule has 3 amide bonds. The summed E-state index contributed by atoms with van der Waals surface area (Å²) in [4.78, 5) is 47.4. The molecule has 2 fully saturated rings. The third-order valence-corrected chi connectivity index (χ3v) is 8.35. The largest absolute Gasteiger partial charge is 0.369 e. The monoisotopic (exact) mass is 562 g/mol. The van der Waals surface area contributed by atoms with Crippen LogP contribution in [0, 0.1) is 17.7 Å². The maximum absolute atomic E-state index is 13.4. The minimum absolute atomic E-state index is 0.0282.